The van der Waals surface area contributed by atoms with E-state index in [4.69, 9.17) is 0 Å². The molecule has 0 aromatic heterocycles. The number of carbonyl (C=O) groups excluding carboxylic acids is 1. The Morgan fingerprint density at radius 3 is 2.21 bits per heavy atom. The summed E-state index contributed by atoms with van der Waals surface area (Å²) in [6.07, 6.45) is 0. The van der Waals surface area contributed by atoms with Gasteiger partial charge in [0.15, 0.2) is 0 Å². The zero-order valence-electron chi connectivity index (χ0n) is 16.1. The molecule has 0 fully saturated rings. The minimum Gasteiger partial charge on any atom is -0.325 e. The molecular formula is C22H22N2O3S2. The Bertz CT molecular complexity index is 1070. The first kappa shape index (κ1) is 21.0. The lowest BCUT2D eigenvalue weighted by molar-refractivity contribution is -0.115. The van der Waals surface area contributed by atoms with E-state index in [-0.39, 0.29) is 16.1 Å². The molecule has 0 heterocycles. The Labute approximate surface area is 175 Å². The maximum atomic E-state index is 13.0. The maximum Gasteiger partial charge on any atom is 0.264 e. The number of nitrogens with zero attached hydrogens (tertiary/aromatic N) is 1. The lowest BCUT2D eigenvalue weighted by Gasteiger charge is -2.20. The van der Waals surface area contributed by atoms with Gasteiger partial charge in [-0.25, -0.2) is 8.42 Å². The molecule has 0 aliphatic heterocycles. The molecule has 0 spiro atoms. The van der Waals surface area contributed by atoms with Crippen molar-refractivity contribution in [3.8, 4) is 0 Å². The maximum absolute atomic E-state index is 13.0. The van der Waals surface area contributed by atoms with Gasteiger partial charge in [0.25, 0.3) is 10.0 Å². The standard InChI is InChI=1S/C22H22N2O3S2/c1-17(28-20-13-7-4-8-14-20)22(25)23-18-10-9-15-21(16-18)29(26,27)24(2)19-11-5-3-6-12-19/h3-17H,1-2H3,(H,23,25). The van der Waals surface area contributed by atoms with Crippen molar-refractivity contribution in [3.63, 3.8) is 0 Å². The third-order valence-electron chi connectivity index (χ3n) is 4.31. The summed E-state index contributed by atoms with van der Waals surface area (Å²) in [7, 11) is -2.23. The number of benzene rings is 3. The first-order valence-electron chi connectivity index (χ1n) is 9.04. The summed E-state index contributed by atoms with van der Waals surface area (Å²) in [5.74, 6) is -0.190. The van der Waals surface area contributed by atoms with Gasteiger partial charge in [0.2, 0.25) is 5.91 Å². The van der Waals surface area contributed by atoms with Gasteiger partial charge in [0, 0.05) is 17.6 Å². The van der Waals surface area contributed by atoms with Crippen molar-refractivity contribution in [1.82, 2.24) is 0 Å². The monoisotopic (exact) mass is 426 g/mol. The second-order valence-corrected chi connectivity index (χ2v) is 9.78. The number of amides is 1. The van der Waals surface area contributed by atoms with E-state index in [1.54, 1.807) is 36.4 Å². The molecule has 29 heavy (non-hydrogen) atoms. The van der Waals surface area contributed by atoms with Gasteiger partial charge < -0.3 is 5.32 Å². The van der Waals surface area contributed by atoms with Crippen LogP contribution in [-0.4, -0.2) is 26.6 Å². The number of para-hydroxylation sites is 1. The van der Waals surface area contributed by atoms with Crippen molar-refractivity contribution in [3.05, 3.63) is 84.9 Å². The van der Waals surface area contributed by atoms with E-state index in [2.05, 4.69) is 5.32 Å². The van der Waals surface area contributed by atoms with Gasteiger partial charge >= 0.3 is 0 Å². The number of rotatable bonds is 7. The molecule has 0 aliphatic carbocycles. The number of sulfonamides is 1. The molecular weight excluding hydrogens is 404 g/mol. The topological polar surface area (TPSA) is 66.5 Å². The summed E-state index contributed by atoms with van der Waals surface area (Å²) in [6, 6.07) is 24.8. The van der Waals surface area contributed by atoms with E-state index >= 15 is 0 Å². The first-order valence-corrected chi connectivity index (χ1v) is 11.4. The average molecular weight is 427 g/mol. The van der Waals surface area contributed by atoms with E-state index < -0.39 is 10.0 Å². The van der Waals surface area contributed by atoms with Gasteiger partial charge in [-0.15, -0.1) is 11.8 Å². The van der Waals surface area contributed by atoms with Crippen molar-refractivity contribution < 1.29 is 13.2 Å². The number of thioether (sulfide) groups is 1. The van der Waals surface area contributed by atoms with E-state index in [1.807, 2.05) is 43.3 Å². The predicted octanol–water partition coefficient (Wildman–Crippen LogP) is 4.63. The number of hydrogen-bond acceptors (Lipinski definition) is 4. The van der Waals surface area contributed by atoms with Crippen molar-refractivity contribution in [2.45, 2.75) is 22.0 Å². The SMILES string of the molecule is CC(Sc1ccccc1)C(=O)Nc1cccc(S(=O)(=O)N(C)c2ccccc2)c1. The summed E-state index contributed by atoms with van der Waals surface area (Å²) in [5, 5.41) is 2.48. The second-order valence-electron chi connectivity index (χ2n) is 6.40. The van der Waals surface area contributed by atoms with Crippen LogP contribution < -0.4 is 9.62 Å². The Kier molecular flexibility index (Phi) is 6.61. The molecule has 3 rings (SSSR count). The van der Waals surface area contributed by atoms with Gasteiger partial charge in [0.05, 0.1) is 15.8 Å². The Balaban J connectivity index is 1.74. The number of nitrogens with one attached hydrogen (secondary N) is 1. The highest BCUT2D eigenvalue weighted by atomic mass is 32.2. The minimum atomic E-state index is -3.74. The highest BCUT2D eigenvalue weighted by Gasteiger charge is 2.22. The van der Waals surface area contributed by atoms with Gasteiger partial charge in [0.1, 0.15) is 0 Å². The number of carbonyl (C=O) groups is 1. The molecule has 1 atom stereocenters. The van der Waals surface area contributed by atoms with Crippen LogP contribution in [0.5, 0.6) is 0 Å². The molecule has 1 unspecified atom stereocenters. The van der Waals surface area contributed by atoms with Crippen LogP contribution in [-0.2, 0) is 14.8 Å². The molecule has 0 saturated carbocycles. The van der Waals surface area contributed by atoms with Gasteiger partial charge in [-0.2, -0.15) is 0 Å². The first-order chi connectivity index (χ1) is 13.9. The molecule has 3 aromatic rings. The third-order valence-corrected chi connectivity index (χ3v) is 7.20. The lowest BCUT2D eigenvalue weighted by atomic mass is 10.3. The molecule has 3 aromatic carbocycles. The molecule has 1 N–H and O–H groups in total. The van der Waals surface area contributed by atoms with Crippen LogP contribution in [0.1, 0.15) is 6.92 Å². The molecule has 0 radical (unpaired) electrons. The van der Waals surface area contributed by atoms with Crippen LogP contribution in [0.4, 0.5) is 11.4 Å². The fraction of sp³-hybridized carbons (Fsp3) is 0.136. The summed E-state index contributed by atoms with van der Waals surface area (Å²) in [4.78, 5) is 13.7. The molecule has 150 valence electrons. The third kappa shape index (κ3) is 5.19. The highest BCUT2D eigenvalue weighted by Crippen LogP contribution is 2.26. The predicted molar refractivity (Wildman–Crippen MR) is 119 cm³/mol. The van der Waals surface area contributed by atoms with Crippen molar-refractivity contribution in [1.29, 1.82) is 0 Å². The van der Waals surface area contributed by atoms with Crippen molar-refractivity contribution in [2.24, 2.45) is 0 Å². The highest BCUT2D eigenvalue weighted by molar-refractivity contribution is 8.00. The van der Waals surface area contributed by atoms with Crippen molar-refractivity contribution in [2.75, 3.05) is 16.7 Å². The van der Waals surface area contributed by atoms with Crippen LogP contribution in [0.3, 0.4) is 0 Å². The van der Waals surface area contributed by atoms with Crippen LogP contribution >= 0.6 is 11.8 Å². The van der Waals surface area contributed by atoms with E-state index in [0.717, 1.165) is 4.90 Å². The largest absolute Gasteiger partial charge is 0.325 e. The summed E-state index contributed by atoms with van der Waals surface area (Å²) < 4.78 is 27.1. The lowest BCUT2D eigenvalue weighted by Crippen LogP contribution is -2.27. The van der Waals surface area contributed by atoms with E-state index in [0.29, 0.717) is 11.4 Å². The smallest absolute Gasteiger partial charge is 0.264 e. The zero-order valence-corrected chi connectivity index (χ0v) is 17.8. The Morgan fingerprint density at radius 2 is 1.55 bits per heavy atom. The van der Waals surface area contributed by atoms with E-state index in [9.17, 15) is 13.2 Å². The average Bonchev–Trinajstić information content (AvgIpc) is 2.74. The van der Waals surface area contributed by atoms with Crippen LogP contribution in [0.2, 0.25) is 0 Å². The van der Waals surface area contributed by atoms with Gasteiger partial charge in [-0.3, -0.25) is 9.10 Å². The van der Waals surface area contributed by atoms with Crippen LogP contribution in [0, 0.1) is 0 Å². The molecule has 5 nitrogen and oxygen atoms in total. The summed E-state index contributed by atoms with van der Waals surface area (Å²) in [6.45, 7) is 1.82. The normalized spacial score (nSPS) is 12.2. The second kappa shape index (κ2) is 9.15. The van der Waals surface area contributed by atoms with Crippen molar-refractivity contribution >= 4 is 39.1 Å². The fourth-order valence-corrected chi connectivity index (χ4v) is 4.80. The number of anilines is 2. The van der Waals surface area contributed by atoms with Gasteiger partial charge in [-0.1, -0.05) is 42.5 Å². The van der Waals surface area contributed by atoms with Crippen LogP contribution in [0.15, 0.2) is 94.7 Å². The quantitative estimate of drug-likeness (QED) is 0.560. The number of hydrogen-bond donors (Lipinski definition) is 1. The molecule has 0 bridgehead atoms. The zero-order chi connectivity index (χ0) is 20.9. The summed E-state index contributed by atoms with van der Waals surface area (Å²) >= 11 is 1.44. The molecule has 7 heteroatoms. The summed E-state index contributed by atoms with van der Waals surface area (Å²) in [5.41, 5.74) is 1.01. The van der Waals surface area contributed by atoms with Gasteiger partial charge in [-0.05, 0) is 49.4 Å². The minimum absolute atomic E-state index is 0.116. The Morgan fingerprint density at radius 1 is 0.931 bits per heavy atom. The van der Waals surface area contributed by atoms with Crippen LogP contribution in [0.25, 0.3) is 0 Å². The molecule has 0 aliphatic rings. The fourth-order valence-electron chi connectivity index (χ4n) is 2.67. The molecule has 1 amide bonds. The Hall–Kier alpha value is -2.77. The van der Waals surface area contributed by atoms with E-state index in [1.165, 1.54) is 35.2 Å². The molecule has 0 saturated heterocycles.